The molecule has 0 aliphatic heterocycles. The van der Waals surface area contributed by atoms with E-state index in [0.717, 1.165) is 36.2 Å². The van der Waals surface area contributed by atoms with Crippen molar-refractivity contribution < 1.29 is 18.1 Å². The Kier molecular flexibility index (Phi) is 6.61. The standard InChI is InChI=1S/C14H22N2O5S/c1-4-5-6-7-10-21-14-11-12(16(17)18)8-9-13(14)15(2)22(3,19)20/h8-9,11H,4-7,10H2,1-3H3. The van der Waals surface area contributed by atoms with Crippen molar-refractivity contribution in [2.24, 2.45) is 0 Å². The molecule has 1 rings (SSSR count). The van der Waals surface area contributed by atoms with Crippen LogP contribution in [0.5, 0.6) is 5.75 Å². The molecule has 7 nitrogen and oxygen atoms in total. The molecular formula is C14H22N2O5S. The molecule has 0 N–H and O–H groups in total. The molecule has 0 heterocycles. The van der Waals surface area contributed by atoms with Gasteiger partial charge in [-0.2, -0.15) is 0 Å². The van der Waals surface area contributed by atoms with Crippen molar-refractivity contribution in [3.63, 3.8) is 0 Å². The Morgan fingerprint density at radius 3 is 2.50 bits per heavy atom. The van der Waals surface area contributed by atoms with Gasteiger partial charge in [0.1, 0.15) is 5.75 Å². The van der Waals surface area contributed by atoms with Crippen molar-refractivity contribution in [3.8, 4) is 5.75 Å². The molecule has 0 spiro atoms. The highest BCUT2D eigenvalue weighted by Gasteiger charge is 2.19. The summed E-state index contributed by atoms with van der Waals surface area (Å²) in [6, 6.07) is 3.92. The smallest absolute Gasteiger partial charge is 0.273 e. The maximum Gasteiger partial charge on any atom is 0.273 e. The fourth-order valence-electron chi connectivity index (χ4n) is 1.88. The summed E-state index contributed by atoms with van der Waals surface area (Å²) >= 11 is 0. The third-order valence-electron chi connectivity index (χ3n) is 3.25. The van der Waals surface area contributed by atoms with Gasteiger partial charge in [-0.3, -0.25) is 14.4 Å². The van der Waals surface area contributed by atoms with Gasteiger partial charge in [0.25, 0.3) is 5.69 Å². The number of nitrogens with zero attached hydrogens (tertiary/aromatic N) is 2. The van der Waals surface area contributed by atoms with E-state index in [0.29, 0.717) is 12.3 Å². The third kappa shape index (κ3) is 5.18. The third-order valence-corrected chi connectivity index (χ3v) is 4.44. The Morgan fingerprint density at radius 2 is 1.95 bits per heavy atom. The number of anilines is 1. The minimum Gasteiger partial charge on any atom is -0.491 e. The first-order chi connectivity index (χ1) is 10.3. The molecule has 0 bridgehead atoms. The van der Waals surface area contributed by atoms with Gasteiger partial charge in [0.05, 0.1) is 29.5 Å². The monoisotopic (exact) mass is 330 g/mol. The van der Waals surface area contributed by atoms with E-state index < -0.39 is 14.9 Å². The van der Waals surface area contributed by atoms with E-state index in [4.69, 9.17) is 4.74 Å². The second kappa shape index (κ2) is 7.98. The van der Waals surface area contributed by atoms with Crippen LogP contribution in [0.4, 0.5) is 11.4 Å². The van der Waals surface area contributed by atoms with E-state index in [2.05, 4.69) is 6.92 Å². The van der Waals surface area contributed by atoms with Gasteiger partial charge < -0.3 is 4.74 Å². The zero-order valence-corrected chi connectivity index (χ0v) is 13.9. The van der Waals surface area contributed by atoms with Gasteiger partial charge in [0.2, 0.25) is 10.0 Å². The fourth-order valence-corrected chi connectivity index (χ4v) is 2.39. The number of benzene rings is 1. The van der Waals surface area contributed by atoms with Gasteiger partial charge in [-0.25, -0.2) is 8.42 Å². The summed E-state index contributed by atoms with van der Waals surface area (Å²) in [5.74, 6) is 0.207. The second-order valence-electron chi connectivity index (χ2n) is 5.05. The van der Waals surface area contributed by atoms with Crippen LogP contribution in [-0.2, 0) is 10.0 Å². The number of hydrogen-bond acceptors (Lipinski definition) is 5. The first-order valence-electron chi connectivity index (χ1n) is 7.12. The fraction of sp³-hybridized carbons (Fsp3) is 0.571. The van der Waals surface area contributed by atoms with Crippen LogP contribution < -0.4 is 9.04 Å². The summed E-state index contributed by atoms with van der Waals surface area (Å²) in [5, 5.41) is 10.9. The van der Waals surface area contributed by atoms with Crippen molar-refractivity contribution in [3.05, 3.63) is 28.3 Å². The van der Waals surface area contributed by atoms with Crippen molar-refractivity contribution in [1.29, 1.82) is 0 Å². The molecule has 0 unspecified atom stereocenters. The number of nitro groups is 1. The van der Waals surface area contributed by atoms with E-state index in [1.807, 2.05) is 0 Å². The van der Waals surface area contributed by atoms with Gasteiger partial charge in [-0.15, -0.1) is 0 Å². The van der Waals surface area contributed by atoms with Gasteiger partial charge in [-0.1, -0.05) is 26.2 Å². The Hall–Kier alpha value is -1.83. The van der Waals surface area contributed by atoms with Crippen LogP contribution in [0.25, 0.3) is 0 Å². The average molecular weight is 330 g/mol. The van der Waals surface area contributed by atoms with E-state index in [-0.39, 0.29) is 11.4 Å². The van der Waals surface area contributed by atoms with E-state index >= 15 is 0 Å². The molecule has 0 atom stereocenters. The molecule has 1 aromatic carbocycles. The summed E-state index contributed by atoms with van der Waals surface area (Å²) in [4.78, 5) is 10.3. The molecule has 0 radical (unpaired) electrons. The number of rotatable bonds is 9. The summed E-state index contributed by atoms with van der Waals surface area (Å²) in [5.41, 5.74) is 0.165. The minimum atomic E-state index is -3.47. The summed E-state index contributed by atoms with van der Waals surface area (Å²) in [6.07, 6.45) is 5.08. The highest BCUT2D eigenvalue weighted by Crippen LogP contribution is 2.33. The van der Waals surface area contributed by atoms with Gasteiger partial charge >= 0.3 is 0 Å². The van der Waals surface area contributed by atoms with Crippen LogP contribution in [0, 0.1) is 10.1 Å². The Labute approximate surface area is 131 Å². The summed E-state index contributed by atoms with van der Waals surface area (Å²) < 4.78 is 29.9. The molecule has 22 heavy (non-hydrogen) atoms. The Bertz CT molecular complexity index is 616. The van der Waals surface area contributed by atoms with E-state index in [1.165, 1.54) is 25.2 Å². The predicted molar refractivity (Wildman–Crippen MR) is 86.0 cm³/mol. The number of hydrogen-bond donors (Lipinski definition) is 0. The maximum atomic E-state index is 11.7. The lowest BCUT2D eigenvalue weighted by Crippen LogP contribution is -2.25. The molecule has 0 aromatic heterocycles. The largest absolute Gasteiger partial charge is 0.491 e. The Balaban J connectivity index is 2.98. The Morgan fingerprint density at radius 1 is 1.27 bits per heavy atom. The molecule has 8 heteroatoms. The predicted octanol–water partition coefficient (Wildman–Crippen LogP) is 2.95. The molecule has 0 saturated carbocycles. The number of nitro benzene ring substituents is 1. The highest BCUT2D eigenvalue weighted by atomic mass is 32.2. The lowest BCUT2D eigenvalue weighted by atomic mass is 10.2. The van der Waals surface area contributed by atoms with Crippen molar-refractivity contribution in [2.45, 2.75) is 32.6 Å². The number of non-ortho nitro benzene ring substituents is 1. The van der Waals surface area contributed by atoms with Crippen LogP contribution in [0.15, 0.2) is 18.2 Å². The molecule has 0 fully saturated rings. The lowest BCUT2D eigenvalue weighted by molar-refractivity contribution is -0.384. The minimum absolute atomic E-state index is 0.130. The van der Waals surface area contributed by atoms with Crippen LogP contribution in [0.2, 0.25) is 0 Å². The van der Waals surface area contributed by atoms with Gasteiger partial charge in [0.15, 0.2) is 0 Å². The summed E-state index contributed by atoms with van der Waals surface area (Å²) in [7, 11) is -2.08. The number of ether oxygens (including phenoxy) is 1. The first-order valence-corrected chi connectivity index (χ1v) is 8.97. The average Bonchev–Trinajstić information content (AvgIpc) is 2.45. The van der Waals surface area contributed by atoms with Crippen LogP contribution in [0.3, 0.4) is 0 Å². The molecule has 0 amide bonds. The SMILES string of the molecule is CCCCCCOc1cc([N+](=O)[O-])ccc1N(C)S(C)(=O)=O. The topological polar surface area (TPSA) is 89.8 Å². The summed E-state index contributed by atoms with van der Waals surface area (Å²) in [6.45, 7) is 2.49. The molecular weight excluding hydrogens is 308 g/mol. The molecule has 124 valence electrons. The van der Waals surface area contributed by atoms with Crippen LogP contribution >= 0.6 is 0 Å². The number of unbranched alkanes of at least 4 members (excludes halogenated alkanes) is 3. The van der Waals surface area contributed by atoms with Crippen molar-refractivity contribution in [1.82, 2.24) is 0 Å². The van der Waals surface area contributed by atoms with Gasteiger partial charge in [-0.05, 0) is 12.5 Å². The molecule has 0 aliphatic carbocycles. The van der Waals surface area contributed by atoms with E-state index in [9.17, 15) is 18.5 Å². The number of sulfonamides is 1. The highest BCUT2D eigenvalue weighted by molar-refractivity contribution is 7.92. The zero-order chi connectivity index (χ0) is 16.8. The first kappa shape index (κ1) is 18.2. The van der Waals surface area contributed by atoms with Crippen LogP contribution in [0.1, 0.15) is 32.6 Å². The van der Waals surface area contributed by atoms with Crippen molar-refractivity contribution in [2.75, 3.05) is 24.2 Å². The molecule has 0 saturated heterocycles. The molecule has 1 aromatic rings. The lowest BCUT2D eigenvalue weighted by Gasteiger charge is -2.20. The zero-order valence-electron chi connectivity index (χ0n) is 13.1. The van der Waals surface area contributed by atoms with Crippen LogP contribution in [-0.4, -0.2) is 33.3 Å². The van der Waals surface area contributed by atoms with E-state index in [1.54, 1.807) is 0 Å². The van der Waals surface area contributed by atoms with Crippen molar-refractivity contribution >= 4 is 21.4 Å². The maximum absolute atomic E-state index is 11.7. The normalized spacial score (nSPS) is 11.2. The quantitative estimate of drug-likeness (QED) is 0.394. The van der Waals surface area contributed by atoms with Gasteiger partial charge in [0, 0.05) is 13.1 Å². The second-order valence-corrected chi connectivity index (χ2v) is 7.06. The molecule has 0 aliphatic rings.